The van der Waals surface area contributed by atoms with Gasteiger partial charge in [0, 0.05) is 30.9 Å². The van der Waals surface area contributed by atoms with Crippen LogP contribution in [0.2, 0.25) is 0 Å². The van der Waals surface area contributed by atoms with Gasteiger partial charge in [-0.25, -0.2) is 0 Å². The summed E-state index contributed by atoms with van der Waals surface area (Å²) in [4.78, 5) is 14.5. The minimum absolute atomic E-state index is 0.121. The number of allylic oxidation sites excluding steroid dienone is 2. The summed E-state index contributed by atoms with van der Waals surface area (Å²) in [5.74, 6) is 1.39. The van der Waals surface area contributed by atoms with Crippen LogP contribution in [0.4, 0.5) is 11.4 Å². The molecule has 1 N–H and O–H groups in total. The molecule has 1 atom stereocenters. The third-order valence-corrected chi connectivity index (χ3v) is 4.86. The molecule has 1 amide bonds. The molecule has 2 aliphatic rings. The van der Waals surface area contributed by atoms with Crippen LogP contribution >= 0.6 is 0 Å². The lowest BCUT2D eigenvalue weighted by Crippen LogP contribution is -2.32. The van der Waals surface area contributed by atoms with Crippen LogP contribution in [0.1, 0.15) is 39.0 Å². The van der Waals surface area contributed by atoms with E-state index in [4.69, 9.17) is 0 Å². The zero-order valence-corrected chi connectivity index (χ0v) is 13.4. The highest BCUT2D eigenvalue weighted by molar-refractivity contribution is 5.91. The Balaban J connectivity index is 1.52. The Morgan fingerprint density at radius 3 is 2.55 bits per heavy atom. The Morgan fingerprint density at radius 2 is 1.91 bits per heavy atom. The van der Waals surface area contributed by atoms with Gasteiger partial charge < -0.3 is 10.2 Å². The molecular formula is C19H26N2O. The smallest absolute Gasteiger partial charge is 0.224 e. The van der Waals surface area contributed by atoms with Crippen molar-refractivity contribution in [3.63, 3.8) is 0 Å². The van der Waals surface area contributed by atoms with Gasteiger partial charge in [0.15, 0.2) is 0 Å². The molecule has 3 nitrogen and oxygen atoms in total. The number of anilines is 2. The molecule has 0 saturated carbocycles. The summed E-state index contributed by atoms with van der Waals surface area (Å²) in [5, 5.41) is 3.01. The maximum absolute atomic E-state index is 12.0. The van der Waals surface area contributed by atoms with Crippen molar-refractivity contribution in [2.75, 3.05) is 23.3 Å². The zero-order chi connectivity index (χ0) is 15.4. The van der Waals surface area contributed by atoms with Crippen LogP contribution in [0.5, 0.6) is 0 Å². The number of hydrogen-bond acceptors (Lipinski definition) is 2. The maximum atomic E-state index is 12.0. The molecular weight excluding hydrogens is 272 g/mol. The first-order chi connectivity index (χ1) is 10.7. The second-order valence-electron chi connectivity index (χ2n) is 6.73. The van der Waals surface area contributed by atoms with Crippen molar-refractivity contribution in [2.24, 2.45) is 11.8 Å². The first kappa shape index (κ1) is 15.1. The van der Waals surface area contributed by atoms with E-state index in [0.29, 0.717) is 12.3 Å². The number of benzene rings is 1. The van der Waals surface area contributed by atoms with Crippen molar-refractivity contribution in [2.45, 2.75) is 39.0 Å². The average molecular weight is 298 g/mol. The monoisotopic (exact) mass is 298 g/mol. The maximum Gasteiger partial charge on any atom is 0.224 e. The summed E-state index contributed by atoms with van der Waals surface area (Å²) in [6.45, 7) is 4.61. The molecule has 0 radical (unpaired) electrons. The lowest BCUT2D eigenvalue weighted by Gasteiger charge is -2.32. The van der Waals surface area contributed by atoms with Crippen molar-refractivity contribution < 1.29 is 4.79 Å². The third kappa shape index (κ3) is 3.90. The largest absolute Gasteiger partial charge is 0.372 e. The summed E-state index contributed by atoms with van der Waals surface area (Å²) in [6.07, 6.45) is 9.70. The van der Waals surface area contributed by atoms with Gasteiger partial charge in [-0.1, -0.05) is 19.1 Å². The number of carbonyl (C=O) groups is 1. The second kappa shape index (κ2) is 6.99. The first-order valence-electron chi connectivity index (χ1n) is 8.52. The van der Waals surface area contributed by atoms with Crippen molar-refractivity contribution in [3.8, 4) is 0 Å². The predicted octanol–water partition coefficient (Wildman–Crippen LogP) is 4.22. The van der Waals surface area contributed by atoms with E-state index in [1.165, 1.54) is 18.5 Å². The van der Waals surface area contributed by atoms with Crippen LogP contribution in [0.15, 0.2) is 36.4 Å². The lowest BCUT2D eigenvalue weighted by atomic mass is 9.99. The van der Waals surface area contributed by atoms with E-state index < -0.39 is 0 Å². The number of amides is 1. The van der Waals surface area contributed by atoms with E-state index in [9.17, 15) is 4.79 Å². The van der Waals surface area contributed by atoms with Crippen molar-refractivity contribution in [1.82, 2.24) is 0 Å². The number of nitrogens with zero attached hydrogens (tertiary/aromatic N) is 1. The molecule has 1 unspecified atom stereocenters. The van der Waals surface area contributed by atoms with E-state index in [1.807, 2.05) is 12.1 Å². The predicted molar refractivity (Wildman–Crippen MR) is 92.2 cm³/mol. The third-order valence-electron chi connectivity index (χ3n) is 4.86. The summed E-state index contributed by atoms with van der Waals surface area (Å²) in [5.41, 5.74) is 2.17. The Bertz CT molecular complexity index is 527. The molecule has 1 fully saturated rings. The summed E-state index contributed by atoms with van der Waals surface area (Å²) in [7, 11) is 0. The van der Waals surface area contributed by atoms with E-state index in [-0.39, 0.29) is 5.91 Å². The molecule has 1 aromatic rings. The molecule has 1 heterocycles. The number of nitrogens with one attached hydrogen (secondary N) is 1. The molecule has 3 heteroatoms. The highest BCUT2D eigenvalue weighted by Gasteiger charge is 2.16. The first-order valence-corrected chi connectivity index (χ1v) is 8.52. The van der Waals surface area contributed by atoms with Crippen LogP contribution in [-0.4, -0.2) is 19.0 Å². The molecule has 0 aromatic heterocycles. The summed E-state index contributed by atoms with van der Waals surface area (Å²) in [6, 6.07) is 8.30. The molecule has 1 aliphatic carbocycles. The lowest BCUT2D eigenvalue weighted by molar-refractivity contribution is -0.116. The summed E-state index contributed by atoms with van der Waals surface area (Å²) < 4.78 is 0. The van der Waals surface area contributed by atoms with E-state index in [0.717, 1.165) is 37.5 Å². The Kier molecular flexibility index (Phi) is 4.81. The summed E-state index contributed by atoms with van der Waals surface area (Å²) >= 11 is 0. The van der Waals surface area contributed by atoms with Crippen molar-refractivity contribution >= 4 is 17.3 Å². The van der Waals surface area contributed by atoms with Gasteiger partial charge in [-0.2, -0.15) is 0 Å². The Morgan fingerprint density at radius 1 is 1.18 bits per heavy atom. The van der Waals surface area contributed by atoms with Gasteiger partial charge in [0.05, 0.1) is 0 Å². The van der Waals surface area contributed by atoms with Crippen molar-refractivity contribution in [1.29, 1.82) is 0 Å². The van der Waals surface area contributed by atoms with E-state index in [2.05, 4.69) is 41.4 Å². The van der Waals surface area contributed by atoms with Crippen LogP contribution in [0.3, 0.4) is 0 Å². The van der Waals surface area contributed by atoms with Gasteiger partial charge in [-0.15, -0.1) is 0 Å². The fourth-order valence-electron chi connectivity index (χ4n) is 3.34. The van der Waals surface area contributed by atoms with Gasteiger partial charge in [-0.05, 0) is 61.8 Å². The standard InChI is InChI=1S/C19H26N2O/c1-15-10-12-21(13-11-15)18-8-6-17(7-9-18)20-19(22)14-16-4-2-3-5-16/h2,4,6-9,15-16H,3,5,10-14H2,1H3,(H,20,22). The Hall–Kier alpha value is -1.77. The van der Waals surface area contributed by atoms with Gasteiger partial charge in [0.1, 0.15) is 0 Å². The van der Waals surface area contributed by atoms with Crippen LogP contribution < -0.4 is 10.2 Å². The highest BCUT2D eigenvalue weighted by Crippen LogP contribution is 2.25. The Labute approximate surface area is 133 Å². The van der Waals surface area contributed by atoms with Crippen LogP contribution in [0.25, 0.3) is 0 Å². The molecule has 3 rings (SSSR count). The molecule has 0 bridgehead atoms. The minimum atomic E-state index is 0.121. The molecule has 22 heavy (non-hydrogen) atoms. The normalized spacial score (nSPS) is 22.0. The van der Waals surface area contributed by atoms with Gasteiger partial charge in [0.25, 0.3) is 0 Å². The topological polar surface area (TPSA) is 32.3 Å². The quantitative estimate of drug-likeness (QED) is 0.844. The van der Waals surface area contributed by atoms with Crippen LogP contribution in [-0.2, 0) is 4.79 Å². The molecule has 1 aromatic carbocycles. The van der Waals surface area contributed by atoms with Crippen molar-refractivity contribution in [3.05, 3.63) is 36.4 Å². The van der Waals surface area contributed by atoms with E-state index >= 15 is 0 Å². The zero-order valence-electron chi connectivity index (χ0n) is 13.4. The fourth-order valence-corrected chi connectivity index (χ4v) is 3.34. The van der Waals surface area contributed by atoms with Gasteiger partial charge >= 0.3 is 0 Å². The number of piperidine rings is 1. The second-order valence-corrected chi connectivity index (χ2v) is 6.73. The highest BCUT2D eigenvalue weighted by atomic mass is 16.1. The molecule has 118 valence electrons. The average Bonchev–Trinajstić information content (AvgIpc) is 3.02. The number of carbonyl (C=O) groups excluding carboxylic acids is 1. The molecule has 1 saturated heterocycles. The molecule has 1 aliphatic heterocycles. The number of hydrogen-bond donors (Lipinski definition) is 1. The van der Waals surface area contributed by atoms with Gasteiger partial charge in [-0.3, -0.25) is 4.79 Å². The minimum Gasteiger partial charge on any atom is -0.372 e. The fraction of sp³-hybridized carbons (Fsp3) is 0.526. The SMILES string of the molecule is CC1CCN(c2ccc(NC(=O)CC3C=CCC3)cc2)CC1. The van der Waals surface area contributed by atoms with E-state index in [1.54, 1.807) is 0 Å². The molecule has 0 spiro atoms. The number of rotatable bonds is 4. The van der Waals surface area contributed by atoms with Crippen LogP contribution in [0, 0.1) is 11.8 Å². The van der Waals surface area contributed by atoms with Gasteiger partial charge in [0.2, 0.25) is 5.91 Å².